The van der Waals surface area contributed by atoms with Crippen molar-refractivity contribution >= 4 is 46.0 Å². The van der Waals surface area contributed by atoms with Gasteiger partial charge in [-0.05, 0) is 68.2 Å². The summed E-state index contributed by atoms with van der Waals surface area (Å²) >= 11 is 6.35. The topological polar surface area (TPSA) is 92.0 Å². The van der Waals surface area contributed by atoms with Crippen LogP contribution < -0.4 is 10.2 Å². The molecule has 4 amide bonds. The Morgan fingerprint density at radius 3 is 2.51 bits per heavy atom. The number of H-pyrrole nitrogens is 1. The average Bonchev–Trinajstić information content (AvgIpc) is 3.26. The molecule has 45 heavy (non-hydrogen) atoms. The van der Waals surface area contributed by atoms with Gasteiger partial charge in [0.05, 0.1) is 0 Å². The fourth-order valence-corrected chi connectivity index (χ4v) is 6.70. The predicted molar refractivity (Wildman–Crippen MR) is 167 cm³/mol. The number of amides is 4. The van der Waals surface area contributed by atoms with Crippen LogP contribution in [0.4, 0.5) is 23.7 Å². The van der Waals surface area contributed by atoms with Crippen molar-refractivity contribution in [3.63, 3.8) is 0 Å². The number of anilines is 1. The van der Waals surface area contributed by atoms with Crippen LogP contribution in [0.2, 0.25) is 5.02 Å². The van der Waals surface area contributed by atoms with Crippen molar-refractivity contribution < 1.29 is 27.6 Å². The monoisotopic (exact) mass is 646 g/mol. The summed E-state index contributed by atoms with van der Waals surface area (Å²) in [5.74, 6) is -2.56. The smallest absolute Gasteiger partial charge is 0.361 e. The third-order valence-electron chi connectivity index (χ3n) is 8.64. The first-order valence-corrected chi connectivity index (χ1v) is 15.4. The van der Waals surface area contributed by atoms with Gasteiger partial charge in [0, 0.05) is 73.0 Å². The summed E-state index contributed by atoms with van der Waals surface area (Å²) in [5, 5.41) is 4.45. The van der Waals surface area contributed by atoms with Gasteiger partial charge in [0.25, 0.3) is 0 Å². The fraction of sp³-hybridized carbons (Fsp3) is 0.469. The Bertz CT molecular complexity index is 1560. The number of aromatic amines is 1. The summed E-state index contributed by atoms with van der Waals surface area (Å²) in [6.07, 6.45) is -2.22. The zero-order valence-electron chi connectivity index (χ0n) is 25.5. The molecule has 0 aliphatic carbocycles. The van der Waals surface area contributed by atoms with Crippen LogP contribution in [0.1, 0.15) is 30.4 Å². The lowest BCUT2D eigenvalue weighted by molar-refractivity contribution is -0.185. The van der Waals surface area contributed by atoms with E-state index in [0.29, 0.717) is 11.6 Å². The molecule has 0 radical (unpaired) electrons. The number of hydrogen-bond donors (Lipinski definition) is 2. The number of carbonyl (C=O) groups excluding carboxylic acids is 3. The van der Waals surface area contributed by atoms with E-state index in [0.717, 1.165) is 45.6 Å². The van der Waals surface area contributed by atoms with E-state index in [1.165, 1.54) is 4.90 Å². The van der Waals surface area contributed by atoms with Gasteiger partial charge >= 0.3 is 18.1 Å². The van der Waals surface area contributed by atoms with Crippen molar-refractivity contribution in [2.24, 2.45) is 5.92 Å². The second-order valence-corrected chi connectivity index (χ2v) is 12.6. The zero-order valence-corrected chi connectivity index (χ0v) is 26.3. The van der Waals surface area contributed by atoms with E-state index in [1.807, 2.05) is 63.6 Å². The molecular weight excluding hydrogens is 609 g/mol. The van der Waals surface area contributed by atoms with Crippen molar-refractivity contribution in [1.82, 2.24) is 25.0 Å². The SMILES string of the molecule is C[C@@H](c1c[nH]c2ccccc12)[C@@H](NC(=O)N1CCCN(C(=O)C(F)(F)F)CC1)C(=O)N1C[C@@H](CN(C)C)Cc2cc(Cl)ccc21. The molecule has 13 heteroatoms. The van der Waals surface area contributed by atoms with Crippen LogP contribution >= 0.6 is 11.6 Å². The molecule has 3 heterocycles. The van der Waals surface area contributed by atoms with Crippen molar-refractivity contribution in [3.05, 3.63) is 64.8 Å². The Kier molecular flexibility index (Phi) is 9.64. The molecule has 1 fully saturated rings. The Hall–Kier alpha value is -3.77. The van der Waals surface area contributed by atoms with Crippen LogP contribution in [0.15, 0.2) is 48.7 Å². The van der Waals surface area contributed by atoms with Gasteiger partial charge in [-0.3, -0.25) is 9.59 Å². The second kappa shape index (κ2) is 13.3. The number of hydrogen-bond acceptors (Lipinski definition) is 4. The molecule has 2 aromatic carbocycles. The number of aromatic nitrogens is 1. The van der Waals surface area contributed by atoms with E-state index in [-0.39, 0.29) is 44.4 Å². The van der Waals surface area contributed by atoms with Gasteiger partial charge in [-0.2, -0.15) is 13.2 Å². The number of nitrogens with one attached hydrogen (secondary N) is 2. The third kappa shape index (κ3) is 7.22. The van der Waals surface area contributed by atoms with Crippen molar-refractivity contribution in [3.8, 4) is 0 Å². The Morgan fingerprint density at radius 1 is 1.07 bits per heavy atom. The van der Waals surface area contributed by atoms with Crippen LogP contribution in [0, 0.1) is 5.92 Å². The second-order valence-electron chi connectivity index (χ2n) is 12.2. The van der Waals surface area contributed by atoms with Gasteiger partial charge in [-0.15, -0.1) is 0 Å². The van der Waals surface area contributed by atoms with Crippen molar-refractivity contribution in [2.45, 2.75) is 37.9 Å². The summed E-state index contributed by atoms with van der Waals surface area (Å²) in [4.78, 5) is 49.4. The van der Waals surface area contributed by atoms with E-state index >= 15 is 0 Å². The largest absolute Gasteiger partial charge is 0.471 e. The molecule has 0 bridgehead atoms. The Morgan fingerprint density at radius 2 is 1.78 bits per heavy atom. The predicted octanol–water partition coefficient (Wildman–Crippen LogP) is 4.87. The molecule has 2 aliphatic heterocycles. The van der Waals surface area contributed by atoms with Crippen LogP contribution in [0.3, 0.4) is 0 Å². The number of alkyl halides is 3. The summed E-state index contributed by atoms with van der Waals surface area (Å²) in [5.41, 5.74) is 3.42. The molecule has 3 aromatic rings. The van der Waals surface area contributed by atoms with Crippen LogP contribution in [0.25, 0.3) is 10.9 Å². The van der Waals surface area contributed by atoms with Gasteiger partial charge < -0.3 is 29.9 Å². The maximum absolute atomic E-state index is 14.6. The minimum atomic E-state index is -4.98. The van der Waals surface area contributed by atoms with Gasteiger partial charge in [0.2, 0.25) is 5.91 Å². The summed E-state index contributed by atoms with van der Waals surface area (Å²) in [7, 11) is 3.96. The molecular formula is C32H38ClF3N6O3. The van der Waals surface area contributed by atoms with E-state index < -0.39 is 30.1 Å². The third-order valence-corrected chi connectivity index (χ3v) is 8.88. The zero-order chi connectivity index (χ0) is 32.5. The first-order chi connectivity index (χ1) is 21.3. The number of carbonyl (C=O) groups is 3. The highest BCUT2D eigenvalue weighted by molar-refractivity contribution is 6.30. The first-order valence-electron chi connectivity index (χ1n) is 15.1. The maximum Gasteiger partial charge on any atom is 0.471 e. The standard InChI is InChI=1S/C32H38ClF3N6O3/c1-20(25-17-37-26-8-5-4-7-24(25)26)28(38-31(45)41-12-6-11-40(13-14-41)30(44)32(34,35)36)29(43)42-19-21(18-39(2)3)15-22-16-23(33)9-10-27(22)42/h4-5,7-10,16-17,20-21,28,37H,6,11-15,18-19H2,1-3H3,(H,38,45)/t20-,21+,28+/m0/s1. The highest BCUT2D eigenvalue weighted by Gasteiger charge is 2.43. The maximum atomic E-state index is 14.6. The quantitative estimate of drug-likeness (QED) is 0.400. The molecule has 0 saturated carbocycles. The summed E-state index contributed by atoms with van der Waals surface area (Å²) < 4.78 is 39.2. The number of para-hydroxylation sites is 1. The van der Waals surface area contributed by atoms with E-state index in [1.54, 1.807) is 11.0 Å². The number of rotatable bonds is 6. The number of halogens is 4. The average molecular weight is 647 g/mol. The highest BCUT2D eigenvalue weighted by Crippen LogP contribution is 2.35. The van der Waals surface area contributed by atoms with Gasteiger partial charge in [0.15, 0.2) is 0 Å². The summed E-state index contributed by atoms with van der Waals surface area (Å²) in [6.45, 7) is 2.75. The molecule has 5 rings (SSSR count). The Balaban J connectivity index is 1.45. The molecule has 1 saturated heterocycles. The van der Waals surface area contributed by atoms with Crippen LogP contribution in [-0.2, 0) is 16.0 Å². The molecule has 2 aliphatic rings. The van der Waals surface area contributed by atoms with E-state index in [4.69, 9.17) is 11.6 Å². The molecule has 3 atom stereocenters. The lowest BCUT2D eigenvalue weighted by atomic mass is 9.88. The van der Waals surface area contributed by atoms with Crippen LogP contribution in [0.5, 0.6) is 0 Å². The Labute approximate surface area is 265 Å². The molecule has 242 valence electrons. The summed E-state index contributed by atoms with van der Waals surface area (Å²) in [6, 6.07) is 11.6. The van der Waals surface area contributed by atoms with E-state index in [9.17, 15) is 27.6 Å². The lowest BCUT2D eigenvalue weighted by Gasteiger charge is -2.39. The number of nitrogens with zero attached hydrogens (tertiary/aromatic N) is 4. The number of urea groups is 1. The van der Waals surface area contributed by atoms with Crippen molar-refractivity contribution in [1.29, 1.82) is 0 Å². The number of fused-ring (bicyclic) bond motifs is 2. The lowest BCUT2D eigenvalue weighted by Crippen LogP contribution is -2.56. The van der Waals surface area contributed by atoms with Gasteiger partial charge in [-0.25, -0.2) is 4.79 Å². The van der Waals surface area contributed by atoms with Crippen LogP contribution in [-0.4, -0.2) is 103 Å². The first kappa shape index (κ1) is 32.6. The van der Waals surface area contributed by atoms with Gasteiger partial charge in [0.1, 0.15) is 6.04 Å². The molecule has 9 nitrogen and oxygen atoms in total. The van der Waals surface area contributed by atoms with Crippen molar-refractivity contribution in [2.75, 3.05) is 58.3 Å². The molecule has 0 spiro atoms. The van der Waals surface area contributed by atoms with E-state index in [2.05, 4.69) is 15.2 Å². The molecule has 2 N–H and O–H groups in total. The normalized spacial score (nSPS) is 18.8. The minimum Gasteiger partial charge on any atom is -0.361 e. The highest BCUT2D eigenvalue weighted by atomic mass is 35.5. The molecule has 0 unspecified atom stereocenters. The van der Waals surface area contributed by atoms with Gasteiger partial charge in [-0.1, -0.05) is 36.7 Å². The molecule has 1 aromatic heterocycles. The number of benzene rings is 2. The fourth-order valence-electron chi connectivity index (χ4n) is 6.51. The minimum absolute atomic E-state index is 0.0913.